The summed E-state index contributed by atoms with van der Waals surface area (Å²) in [5.74, 6) is -0.370. The van der Waals surface area contributed by atoms with Gasteiger partial charge in [0, 0.05) is 11.4 Å². The largest absolute Gasteiger partial charge is 0.496 e. The van der Waals surface area contributed by atoms with E-state index < -0.39 is 11.2 Å². The molecule has 0 radical (unpaired) electrons. The number of hydrogen-bond donors (Lipinski definition) is 2. The van der Waals surface area contributed by atoms with E-state index in [2.05, 4.69) is 5.32 Å². The Morgan fingerprint density at radius 2 is 1.96 bits per heavy atom. The zero-order valence-corrected chi connectivity index (χ0v) is 15.2. The molecule has 2 N–H and O–H groups in total. The van der Waals surface area contributed by atoms with Gasteiger partial charge in [-0.2, -0.15) is 0 Å². The van der Waals surface area contributed by atoms with Crippen molar-refractivity contribution in [3.8, 4) is 5.75 Å². The minimum absolute atomic E-state index is 0.236. The van der Waals surface area contributed by atoms with Crippen LogP contribution in [-0.2, 0) is 11.3 Å². The van der Waals surface area contributed by atoms with Gasteiger partial charge in [-0.3, -0.25) is 9.59 Å². The van der Waals surface area contributed by atoms with Crippen molar-refractivity contribution in [3.63, 3.8) is 0 Å². The number of amides is 1. The van der Waals surface area contributed by atoms with Crippen LogP contribution in [-0.4, -0.2) is 29.3 Å². The Hall–Kier alpha value is -2.47. The molecule has 0 aliphatic heterocycles. The molecule has 0 aromatic heterocycles. The van der Waals surface area contributed by atoms with Gasteiger partial charge in [0.15, 0.2) is 0 Å². The summed E-state index contributed by atoms with van der Waals surface area (Å²) in [5.41, 5.74) is 2.43. The third-order valence-electron chi connectivity index (χ3n) is 3.71. The van der Waals surface area contributed by atoms with Crippen LogP contribution < -0.4 is 10.1 Å². The summed E-state index contributed by atoms with van der Waals surface area (Å²) >= 11 is 1.16. The van der Waals surface area contributed by atoms with E-state index in [1.54, 1.807) is 38.3 Å². The lowest BCUT2D eigenvalue weighted by molar-refractivity contribution is -0.136. The quantitative estimate of drug-likeness (QED) is 0.740. The number of benzene rings is 2. The van der Waals surface area contributed by atoms with Crippen LogP contribution in [0.4, 0.5) is 0 Å². The fraction of sp³-hybridized carbons (Fsp3) is 0.263. The minimum Gasteiger partial charge on any atom is -0.496 e. The Labute approximate surface area is 151 Å². The molecule has 0 aliphatic rings. The van der Waals surface area contributed by atoms with Crippen molar-refractivity contribution in [1.29, 1.82) is 0 Å². The van der Waals surface area contributed by atoms with Gasteiger partial charge in [-0.1, -0.05) is 24.3 Å². The molecule has 1 unspecified atom stereocenters. The maximum atomic E-state index is 12.5. The first-order valence-corrected chi connectivity index (χ1v) is 8.70. The van der Waals surface area contributed by atoms with Crippen LogP contribution in [0.3, 0.4) is 0 Å². The molecule has 132 valence electrons. The van der Waals surface area contributed by atoms with Crippen LogP contribution in [0.1, 0.15) is 28.4 Å². The van der Waals surface area contributed by atoms with E-state index in [0.717, 1.165) is 28.6 Å². The summed E-state index contributed by atoms with van der Waals surface area (Å²) in [6.07, 6.45) is 0. The highest BCUT2D eigenvalue weighted by molar-refractivity contribution is 8.00. The van der Waals surface area contributed by atoms with E-state index >= 15 is 0 Å². The number of thioether (sulfide) groups is 1. The van der Waals surface area contributed by atoms with Crippen LogP contribution in [0.2, 0.25) is 0 Å². The topological polar surface area (TPSA) is 75.6 Å². The third-order valence-corrected chi connectivity index (χ3v) is 4.87. The number of ether oxygens (including phenoxy) is 1. The van der Waals surface area contributed by atoms with E-state index in [1.807, 2.05) is 25.1 Å². The molecule has 6 heteroatoms. The van der Waals surface area contributed by atoms with Crippen LogP contribution >= 0.6 is 11.8 Å². The number of aliphatic carboxylic acids is 1. The van der Waals surface area contributed by atoms with Crippen LogP contribution in [0, 0.1) is 6.92 Å². The van der Waals surface area contributed by atoms with Crippen molar-refractivity contribution in [2.45, 2.75) is 30.5 Å². The van der Waals surface area contributed by atoms with Gasteiger partial charge < -0.3 is 15.2 Å². The summed E-state index contributed by atoms with van der Waals surface area (Å²) in [5, 5.41) is 11.3. The molecule has 0 fully saturated rings. The SMILES string of the molecule is COc1cc(CNC(=O)c2ccccc2SC(C)C(=O)O)ccc1C. The fourth-order valence-electron chi connectivity index (χ4n) is 2.25. The molecule has 2 aromatic carbocycles. The fourth-order valence-corrected chi connectivity index (χ4v) is 3.18. The van der Waals surface area contributed by atoms with Gasteiger partial charge in [-0.05, 0) is 43.2 Å². The van der Waals surface area contributed by atoms with Crippen molar-refractivity contribution in [2.75, 3.05) is 7.11 Å². The van der Waals surface area contributed by atoms with E-state index in [9.17, 15) is 9.59 Å². The molecule has 0 aliphatic carbocycles. The highest BCUT2D eigenvalue weighted by atomic mass is 32.2. The molecule has 1 amide bonds. The predicted molar refractivity (Wildman–Crippen MR) is 98.3 cm³/mol. The molecular weight excluding hydrogens is 338 g/mol. The van der Waals surface area contributed by atoms with E-state index in [-0.39, 0.29) is 5.91 Å². The molecule has 0 saturated heterocycles. The Bertz CT molecular complexity index is 776. The average molecular weight is 359 g/mol. The normalized spacial score (nSPS) is 11.6. The number of methoxy groups -OCH3 is 1. The van der Waals surface area contributed by atoms with Crippen LogP contribution in [0.5, 0.6) is 5.75 Å². The van der Waals surface area contributed by atoms with Crippen molar-refractivity contribution in [2.24, 2.45) is 0 Å². The molecular formula is C19H21NO4S. The number of aryl methyl sites for hydroxylation is 1. The number of hydrogen-bond acceptors (Lipinski definition) is 4. The third kappa shape index (κ3) is 5.00. The molecule has 0 saturated carbocycles. The van der Waals surface area contributed by atoms with E-state index in [0.29, 0.717) is 17.0 Å². The zero-order chi connectivity index (χ0) is 18.4. The minimum atomic E-state index is -0.910. The summed E-state index contributed by atoms with van der Waals surface area (Å²) in [6, 6.07) is 12.8. The Kier molecular flexibility index (Phi) is 6.47. The smallest absolute Gasteiger partial charge is 0.316 e. The van der Waals surface area contributed by atoms with Gasteiger partial charge in [0.25, 0.3) is 5.91 Å². The van der Waals surface area contributed by atoms with Crippen molar-refractivity contribution < 1.29 is 19.4 Å². The number of carbonyl (C=O) groups is 2. The molecule has 1 atom stereocenters. The first-order valence-electron chi connectivity index (χ1n) is 7.82. The van der Waals surface area contributed by atoms with Gasteiger partial charge in [-0.25, -0.2) is 0 Å². The number of rotatable bonds is 7. The Morgan fingerprint density at radius 3 is 2.64 bits per heavy atom. The second kappa shape index (κ2) is 8.58. The molecule has 2 rings (SSSR count). The standard InChI is InChI=1S/C19H21NO4S/c1-12-8-9-14(10-16(12)24-3)11-20-18(21)15-6-4-5-7-17(15)25-13(2)19(22)23/h4-10,13H,11H2,1-3H3,(H,20,21)(H,22,23). The molecule has 25 heavy (non-hydrogen) atoms. The summed E-state index contributed by atoms with van der Waals surface area (Å²) in [6.45, 7) is 3.92. The number of carbonyl (C=O) groups excluding carboxylic acids is 1. The van der Waals surface area contributed by atoms with Gasteiger partial charge in [0.2, 0.25) is 0 Å². The van der Waals surface area contributed by atoms with Crippen LogP contribution in [0.15, 0.2) is 47.4 Å². The second-order valence-corrected chi connectivity index (χ2v) is 6.96. The molecule has 0 heterocycles. The summed E-state index contributed by atoms with van der Waals surface area (Å²) < 4.78 is 5.29. The number of carboxylic acids is 1. The van der Waals surface area contributed by atoms with Crippen molar-refractivity contribution in [1.82, 2.24) is 5.32 Å². The monoisotopic (exact) mass is 359 g/mol. The highest BCUT2D eigenvalue weighted by Gasteiger charge is 2.17. The van der Waals surface area contributed by atoms with E-state index in [1.165, 1.54) is 0 Å². The predicted octanol–water partition coefficient (Wildman–Crippen LogP) is 3.50. The molecule has 0 bridgehead atoms. The Balaban J connectivity index is 2.10. The second-order valence-electron chi connectivity index (χ2n) is 5.58. The lowest BCUT2D eigenvalue weighted by Gasteiger charge is -2.12. The van der Waals surface area contributed by atoms with Gasteiger partial charge >= 0.3 is 5.97 Å². The Morgan fingerprint density at radius 1 is 1.24 bits per heavy atom. The highest BCUT2D eigenvalue weighted by Crippen LogP contribution is 2.27. The number of carboxylic acid groups (broad SMARTS) is 1. The van der Waals surface area contributed by atoms with Gasteiger partial charge in [-0.15, -0.1) is 11.8 Å². The maximum absolute atomic E-state index is 12.5. The van der Waals surface area contributed by atoms with Crippen molar-refractivity contribution in [3.05, 3.63) is 59.2 Å². The first-order chi connectivity index (χ1) is 11.9. The summed E-state index contributed by atoms with van der Waals surface area (Å²) in [4.78, 5) is 24.2. The van der Waals surface area contributed by atoms with Gasteiger partial charge in [0.05, 0.1) is 12.7 Å². The van der Waals surface area contributed by atoms with Crippen LogP contribution in [0.25, 0.3) is 0 Å². The molecule has 5 nitrogen and oxygen atoms in total. The maximum Gasteiger partial charge on any atom is 0.316 e. The van der Waals surface area contributed by atoms with Gasteiger partial charge in [0.1, 0.15) is 11.0 Å². The summed E-state index contributed by atoms with van der Waals surface area (Å²) in [7, 11) is 1.61. The first kappa shape index (κ1) is 18.9. The molecule has 2 aromatic rings. The molecule has 0 spiro atoms. The number of nitrogens with one attached hydrogen (secondary N) is 1. The van der Waals surface area contributed by atoms with Crippen molar-refractivity contribution >= 4 is 23.6 Å². The lowest BCUT2D eigenvalue weighted by Crippen LogP contribution is -2.24. The van der Waals surface area contributed by atoms with E-state index in [4.69, 9.17) is 9.84 Å². The zero-order valence-electron chi connectivity index (χ0n) is 14.4. The lowest BCUT2D eigenvalue weighted by atomic mass is 10.1. The average Bonchev–Trinajstić information content (AvgIpc) is 2.61.